The van der Waals surface area contributed by atoms with Gasteiger partial charge in [-0.05, 0) is 80.1 Å². The smallest absolute Gasteiger partial charge is 0.338 e. The maximum Gasteiger partial charge on any atom is 0.338 e. The molecule has 0 radical (unpaired) electrons. The molecule has 1 aliphatic rings. The van der Waals surface area contributed by atoms with Gasteiger partial charge in [0.1, 0.15) is 0 Å². The van der Waals surface area contributed by atoms with Gasteiger partial charge in [-0.3, -0.25) is 9.59 Å². The molecule has 6 heteroatoms. The number of hydrogen-bond donors (Lipinski definition) is 2. The van der Waals surface area contributed by atoms with E-state index in [1.807, 2.05) is 12.1 Å². The standard InChI is InChI=1S/C21H22N2O4/c1-13(20(25)23-18-10-8-15(9-11-18)19(22)24)27-21(26)17-7-6-14-4-2-3-5-16(14)12-17/h6-13H,2-5H2,1H3,(H2,22,24)(H,23,25)/t13-/m0/s1. The fraction of sp³-hybridized carbons (Fsp3) is 0.286. The van der Waals surface area contributed by atoms with E-state index in [4.69, 9.17) is 10.5 Å². The molecule has 140 valence electrons. The van der Waals surface area contributed by atoms with Crippen molar-refractivity contribution in [3.05, 3.63) is 64.7 Å². The second-order valence-electron chi connectivity index (χ2n) is 6.67. The predicted octanol–water partition coefficient (Wildman–Crippen LogP) is 2.85. The van der Waals surface area contributed by atoms with Crippen molar-refractivity contribution in [3.8, 4) is 0 Å². The van der Waals surface area contributed by atoms with Gasteiger partial charge in [-0.1, -0.05) is 6.07 Å². The Morgan fingerprint density at radius 1 is 0.963 bits per heavy atom. The number of carbonyl (C=O) groups is 3. The fourth-order valence-corrected chi connectivity index (χ4v) is 3.10. The van der Waals surface area contributed by atoms with Gasteiger partial charge in [-0.25, -0.2) is 4.79 Å². The zero-order chi connectivity index (χ0) is 19.4. The van der Waals surface area contributed by atoms with Crippen LogP contribution in [0, 0.1) is 0 Å². The van der Waals surface area contributed by atoms with Gasteiger partial charge in [0.15, 0.2) is 6.10 Å². The number of benzene rings is 2. The van der Waals surface area contributed by atoms with Crippen molar-refractivity contribution in [2.45, 2.75) is 38.7 Å². The van der Waals surface area contributed by atoms with Crippen molar-refractivity contribution in [1.82, 2.24) is 0 Å². The van der Waals surface area contributed by atoms with Crippen LogP contribution in [0.2, 0.25) is 0 Å². The molecule has 3 rings (SSSR count). The molecule has 6 nitrogen and oxygen atoms in total. The summed E-state index contributed by atoms with van der Waals surface area (Å²) >= 11 is 0. The van der Waals surface area contributed by atoms with Crippen LogP contribution in [0.4, 0.5) is 5.69 Å². The summed E-state index contributed by atoms with van der Waals surface area (Å²) in [7, 11) is 0. The molecular weight excluding hydrogens is 344 g/mol. The summed E-state index contributed by atoms with van der Waals surface area (Å²) in [6.07, 6.45) is 3.35. The van der Waals surface area contributed by atoms with Crippen molar-refractivity contribution < 1.29 is 19.1 Å². The first-order valence-electron chi connectivity index (χ1n) is 8.97. The summed E-state index contributed by atoms with van der Waals surface area (Å²) in [4.78, 5) is 35.7. The Kier molecular flexibility index (Phi) is 5.54. The minimum Gasteiger partial charge on any atom is -0.449 e. The van der Waals surface area contributed by atoms with Gasteiger partial charge < -0.3 is 15.8 Å². The zero-order valence-electron chi connectivity index (χ0n) is 15.2. The number of nitrogens with two attached hydrogens (primary N) is 1. The molecule has 0 saturated heterocycles. The van der Waals surface area contributed by atoms with Crippen LogP contribution < -0.4 is 11.1 Å². The van der Waals surface area contributed by atoms with Crippen LogP contribution in [-0.2, 0) is 22.4 Å². The number of amides is 2. The number of ether oxygens (including phenoxy) is 1. The lowest BCUT2D eigenvalue weighted by Gasteiger charge is -2.17. The number of carbonyl (C=O) groups excluding carboxylic acids is 3. The van der Waals surface area contributed by atoms with Crippen LogP contribution in [0.15, 0.2) is 42.5 Å². The number of primary amides is 1. The van der Waals surface area contributed by atoms with Crippen molar-refractivity contribution in [2.75, 3.05) is 5.32 Å². The summed E-state index contributed by atoms with van der Waals surface area (Å²) in [5.74, 6) is -1.51. The van der Waals surface area contributed by atoms with Crippen molar-refractivity contribution >= 4 is 23.5 Å². The second-order valence-corrected chi connectivity index (χ2v) is 6.67. The number of aryl methyl sites for hydroxylation is 2. The number of rotatable bonds is 5. The quantitative estimate of drug-likeness (QED) is 0.795. The highest BCUT2D eigenvalue weighted by molar-refractivity contribution is 5.98. The number of nitrogens with one attached hydrogen (secondary N) is 1. The van der Waals surface area contributed by atoms with Crippen LogP contribution >= 0.6 is 0 Å². The lowest BCUT2D eigenvalue weighted by atomic mass is 9.90. The summed E-state index contributed by atoms with van der Waals surface area (Å²) in [5, 5.41) is 2.65. The molecule has 1 atom stereocenters. The van der Waals surface area contributed by atoms with Crippen molar-refractivity contribution in [1.29, 1.82) is 0 Å². The Labute approximate surface area is 157 Å². The Morgan fingerprint density at radius 2 is 1.59 bits per heavy atom. The summed E-state index contributed by atoms with van der Waals surface area (Å²) in [6.45, 7) is 1.52. The third kappa shape index (κ3) is 4.53. The minimum atomic E-state index is -0.954. The Hall–Kier alpha value is -3.15. The lowest BCUT2D eigenvalue weighted by Crippen LogP contribution is -2.30. The van der Waals surface area contributed by atoms with Gasteiger partial charge in [-0.15, -0.1) is 0 Å². The van der Waals surface area contributed by atoms with Crippen molar-refractivity contribution in [2.24, 2.45) is 5.73 Å². The predicted molar refractivity (Wildman–Crippen MR) is 102 cm³/mol. The molecule has 0 aromatic heterocycles. The van der Waals surface area contributed by atoms with Crippen LogP contribution in [0.5, 0.6) is 0 Å². The molecule has 2 aromatic carbocycles. The minimum absolute atomic E-state index is 0.347. The molecular formula is C21H22N2O4. The van der Waals surface area contributed by atoms with E-state index in [0.717, 1.165) is 19.3 Å². The molecule has 0 saturated carbocycles. The molecule has 0 unspecified atom stereocenters. The molecule has 0 aliphatic heterocycles. The monoisotopic (exact) mass is 366 g/mol. The molecule has 27 heavy (non-hydrogen) atoms. The first-order chi connectivity index (χ1) is 12.9. The van der Waals surface area contributed by atoms with E-state index in [9.17, 15) is 14.4 Å². The normalized spacial score (nSPS) is 14.0. The first kappa shape index (κ1) is 18.6. The van der Waals surface area contributed by atoms with E-state index < -0.39 is 23.9 Å². The summed E-state index contributed by atoms with van der Waals surface area (Å²) in [6, 6.07) is 11.7. The summed E-state index contributed by atoms with van der Waals surface area (Å²) < 4.78 is 5.30. The largest absolute Gasteiger partial charge is 0.449 e. The van der Waals surface area contributed by atoms with E-state index in [1.54, 1.807) is 18.2 Å². The van der Waals surface area contributed by atoms with Crippen LogP contribution in [0.25, 0.3) is 0 Å². The zero-order valence-corrected chi connectivity index (χ0v) is 15.2. The number of fused-ring (bicyclic) bond motifs is 1. The Morgan fingerprint density at radius 3 is 2.26 bits per heavy atom. The fourth-order valence-electron chi connectivity index (χ4n) is 3.10. The summed E-state index contributed by atoms with van der Waals surface area (Å²) in [5.41, 5.74) is 8.94. The highest BCUT2D eigenvalue weighted by atomic mass is 16.5. The number of anilines is 1. The molecule has 1 aliphatic carbocycles. The Balaban J connectivity index is 1.60. The van der Waals surface area contributed by atoms with Crippen LogP contribution in [0.3, 0.4) is 0 Å². The molecule has 3 N–H and O–H groups in total. The van der Waals surface area contributed by atoms with Gasteiger partial charge in [0, 0.05) is 11.3 Å². The molecule has 0 bridgehead atoms. The van der Waals surface area contributed by atoms with Crippen molar-refractivity contribution in [3.63, 3.8) is 0 Å². The van der Waals surface area contributed by atoms with Gasteiger partial charge in [0.05, 0.1) is 5.56 Å². The third-order valence-electron chi connectivity index (χ3n) is 4.67. The van der Waals surface area contributed by atoms with E-state index in [2.05, 4.69) is 5.32 Å². The Bertz CT molecular complexity index is 874. The second kappa shape index (κ2) is 8.03. The van der Waals surface area contributed by atoms with E-state index in [-0.39, 0.29) is 0 Å². The topological polar surface area (TPSA) is 98.5 Å². The van der Waals surface area contributed by atoms with Gasteiger partial charge in [0.25, 0.3) is 5.91 Å². The van der Waals surface area contributed by atoms with Gasteiger partial charge >= 0.3 is 5.97 Å². The lowest BCUT2D eigenvalue weighted by molar-refractivity contribution is -0.123. The highest BCUT2D eigenvalue weighted by Gasteiger charge is 2.20. The van der Waals surface area contributed by atoms with Crippen LogP contribution in [-0.4, -0.2) is 23.9 Å². The maximum absolute atomic E-state index is 12.4. The maximum atomic E-state index is 12.4. The van der Waals surface area contributed by atoms with Gasteiger partial charge in [0.2, 0.25) is 5.91 Å². The molecule has 0 spiro atoms. The average Bonchev–Trinajstić information content (AvgIpc) is 2.67. The average molecular weight is 366 g/mol. The van der Waals surface area contributed by atoms with E-state index >= 15 is 0 Å². The third-order valence-corrected chi connectivity index (χ3v) is 4.67. The molecule has 2 aromatic rings. The SMILES string of the molecule is C[C@H](OC(=O)c1ccc2c(c1)CCCC2)C(=O)Nc1ccc(C(N)=O)cc1. The number of esters is 1. The number of hydrogen-bond acceptors (Lipinski definition) is 4. The molecule has 0 heterocycles. The van der Waals surface area contributed by atoms with E-state index in [0.29, 0.717) is 16.8 Å². The highest BCUT2D eigenvalue weighted by Crippen LogP contribution is 2.22. The molecule has 0 fully saturated rings. The van der Waals surface area contributed by atoms with Gasteiger partial charge in [-0.2, -0.15) is 0 Å². The van der Waals surface area contributed by atoms with E-state index in [1.165, 1.54) is 36.6 Å². The van der Waals surface area contributed by atoms with Crippen LogP contribution in [0.1, 0.15) is 51.6 Å². The first-order valence-corrected chi connectivity index (χ1v) is 8.97. The molecule has 2 amide bonds.